The van der Waals surface area contributed by atoms with Crippen LogP contribution in [0.1, 0.15) is 32.7 Å². The van der Waals surface area contributed by atoms with Crippen LogP contribution in [-0.4, -0.2) is 48.3 Å². The van der Waals surface area contributed by atoms with Crippen LogP contribution in [0.25, 0.3) is 0 Å². The summed E-state index contributed by atoms with van der Waals surface area (Å²) in [6.07, 6.45) is 4.43. The Kier molecular flexibility index (Phi) is 4.57. The number of ketones is 1. The maximum atomic E-state index is 12.5. The van der Waals surface area contributed by atoms with E-state index < -0.39 is 0 Å². The van der Waals surface area contributed by atoms with Gasteiger partial charge in [0.1, 0.15) is 0 Å². The third kappa shape index (κ3) is 3.35. The lowest BCUT2D eigenvalue weighted by Gasteiger charge is -2.16. The van der Waals surface area contributed by atoms with Crippen molar-refractivity contribution < 1.29 is 9.59 Å². The van der Waals surface area contributed by atoms with E-state index in [0.717, 1.165) is 26.1 Å². The van der Waals surface area contributed by atoms with Gasteiger partial charge >= 0.3 is 0 Å². The van der Waals surface area contributed by atoms with E-state index in [1.54, 1.807) is 42.7 Å². The summed E-state index contributed by atoms with van der Waals surface area (Å²) in [6, 6.07) is 8.68. The number of nitrogens with zero attached hydrogens (tertiary/aromatic N) is 1. The van der Waals surface area contributed by atoms with Crippen LogP contribution in [0.5, 0.6) is 0 Å². The van der Waals surface area contributed by atoms with Crippen molar-refractivity contribution >= 4 is 11.7 Å². The fourth-order valence-electron chi connectivity index (χ4n) is 3.05. The molecule has 1 saturated heterocycles. The van der Waals surface area contributed by atoms with Crippen LogP contribution in [0.2, 0.25) is 0 Å². The van der Waals surface area contributed by atoms with Gasteiger partial charge in [-0.05, 0) is 44.1 Å². The Bertz CT molecular complexity index is 677. The lowest BCUT2D eigenvalue weighted by Crippen LogP contribution is -2.30. The molecule has 23 heavy (non-hydrogen) atoms. The first-order valence-electron chi connectivity index (χ1n) is 7.90. The van der Waals surface area contributed by atoms with Crippen molar-refractivity contribution in [2.24, 2.45) is 5.92 Å². The van der Waals surface area contributed by atoms with Gasteiger partial charge in [0.25, 0.3) is 5.91 Å². The second kappa shape index (κ2) is 6.79. The average molecular weight is 311 g/mol. The summed E-state index contributed by atoms with van der Waals surface area (Å²) in [6.45, 7) is 2.53. The molecule has 1 aliphatic rings. The predicted molar refractivity (Wildman–Crippen MR) is 88.6 cm³/mol. The van der Waals surface area contributed by atoms with Gasteiger partial charge in [-0.3, -0.25) is 9.59 Å². The van der Waals surface area contributed by atoms with E-state index in [1.165, 1.54) is 0 Å². The average Bonchev–Trinajstić information content (AvgIpc) is 3.26. The first kappa shape index (κ1) is 15.5. The number of nitrogens with one attached hydrogen (secondary N) is 2. The van der Waals surface area contributed by atoms with Crippen LogP contribution < -0.4 is 5.32 Å². The predicted octanol–water partition coefficient (Wildman–Crippen LogP) is 1.93. The molecule has 1 aromatic heterocycles. The molecule has 1 fully saturated rings. The number of hydrogen-bond donors (Lipinski definition) is 2. The van der Waals surface area contributed by atoms with Crippen LogP contribution in [0, 0.1) is 5.92 Å². The molecule has 2 heterocycles. The fourth-order valence-corrected chi connectivity index (χ4v) is 3.05. The summed E-state index contributed by atoms with van der Waals surface area (Å²) in [5, 5.41) is 3.16. The highest BCUT2D eigenvalue weighted by Gasteiger charge is 2.26. The van der Waals surface area contributed by atoms with Gasteiger partial charge in [-0.15, -0.1) is 0 Å². The molecule has 0 radical (unpaired) electrons. The van der Waals surface area contributed by atoms with Gasteiger partial charge < -0.3 is 15.2 Å². The lowest BCUT2D eigenvalue weighted by molar-refractivity contribution is 0.0786. The maximum Gasteiger partial charge on any atom is 0.253 e. The van der Waals surface area contributed by atoms with Crippen molar-refractivity contribution in [3.63, 3.8) is 0 Å². The number of H-pyrrole nitrogens is 1. The molecule has 0 aliphatic carbocycles. The van der Waals surface area contributed by atoms with Gasteiger partial charge in [0, 0.05) is 42.2 Å². The molecule has 0 spiro atoms. The van der Waals surface area contributed by atoms with Crippen molar-refractivity contribution in [1.82, 2.24) is 15.2 Å². The number of carbonyl (C=O) groups excluding carboxylic acids is 2. The van der Waals surface area contributed by atoms with Gasteiger partial charge in [-0.2, -0.15) is 0 Å². The Morgan fingerprint density at radius 3 is 2.57 bits per heavy atom. The molecule has 0 saturated carbocycles. The standard InChI is InChI=1S/C18H21N3O2/c1-19-10-13-7-9-21(12-13)18(23)15-4-2-14(3-5-15)17(22)16-6-8-20-11-16/h2-6,8,11,13,19-20H,7,9-10,12H2,1H3/t13-/m1/s1. The number of benzene rings is 1. The Hall–Kier alpha value is -2.40. The van der Waals surface area contributed by atoms with Crippen LogP contribution in [0.15, 0.2) is 42.7 Å². The van der Waals surface area contributed by atoms with E-state index in [2.05, 4.69) is 10.3 Å². The molecule has 2 N–H and O–H groups in total. The Balaban J connectivity index is 1.68. The summed E-state index contributed by atoms with van der Waals surface area (Å²) in [4.78, 5) is 29.5. The Labute approximate surface area is 135 Å². The second-order valence-electron chi connectivity index (χ2n) is 5.97. The third-order valence-electron chi connectivity index (χ3n) is 4.32. The van der Waals surface area contributed by atoms with Crippen LogP contribution in [0.3, 0.4) is 0 Å². The molecule has 1 aliphatic heterocycles. The van der Waals surface area contributed by atoms with Crippen LogP contribution in [0.4, 0.5) is 0 Å². The summed E-state index contributed by atoms with van der Waals surface area (Å²) in [5.74, 6) is 0.531. The quantitative estimate of drug-likeness (QED) is 0.829. The van der Waals surface area contributed by atoms with Gasteiger partial charge in [0.2, 0.25) is 0 Å². The lowest BCUT2D eigenvalue weighted by atomic mass is 10.0. The minimum atomic E-state index is -0.0412. The molecule has 5 heteroatoms. The van der Waals surface area contributed by atoms with Crippen molar-refractivity contribution in [3.05, 3.63) is 59.4 Å². The molecular formula is C18H21N3O2. The molecule has 0 bridgehead atoms. The summed E-state index contributed by atoms with van der Waals surface area (Å²) >= 11 is 0. The summed E-state index contributed by atoms with van der Waals surface area (Å²) in [7, 11) is 1.94. The minimum Gasteiger partial charge on any atom is -0.367 e. The Morgan fingerprint density at radius 2 is 1.91 bits per heavy atom. The first-order chi connectivity index (χ1) is 11.2. The molecule has 5 nitrogen and oxygen atoms in total. The molecule has 1 amide bonds. The van der Waals surface area contributed by atoms with E-state index in [4.69, 9.17) is 0 Å². The highest BCUT2D eigenvalue weighted by Crippen LogP contribution is 2.19. The molecule has 1 aromatic carbocycles. The molecule has 1 atom stereocenters. The van der Waals surface area contributed by atoms with Gasteiger partial charge in [0.15, 0.2) is 5.78 Å². The van der Waals surface area contributed by atoms with E-state index in [0.29, 0.717) is 22.6 Å². The zero-order valence-corrected chi connectivity index (χ0v) is 13.2. The monoisotopic (exact) mass is 311 g/mol. The zero-order chi connectivity index (χ0) is 16.2. The van der Waals surface area contributed by atoms with Crippen LogP contribution in [-0.2, 0) is 0 Å². The molecular weight excluding hydrogens is 290 g/mol. The number of aromatic amines is 1. The maximum absolute atomic E-state index is 12.5. The van der Waals surface area contributed by atoms with Gasteiger partial charge in [0.05, 0.1) is 0 Å². The first-order valence-corrected chi connectivity index (χ1v) is 7.90. The minimum absolute atomic E-state index is 0.0412. The smallest absolute Gasteiger partial charge is 0.253 e. The van der Waals surface area contributed by atoms with E-state index >= 15 is 0 Å². The summed E-state index contributed by atoms with van der Waals surface area (Å²) < 4.78 is 0. The topological polar surface area (TPSA) is 65.2 Å². The molecule has 120 valence electrons. The zero-order valence-electron chi connectivity index (χ0n) is 13.2. The van der Waals surface area contributed by atoms with Crippen LogP contribution >= 0.6 is 0 Å². The number of aromatic nitrogens is 1. The van der Waals surface area contributed by atoms with Crippen molar-refractivity contribution in [2.45, 2.75) is 6.42 Å². The Morgan fingerprint density at radius 1 is 1.17 bits per heavy atom. The van der Waals surface area contributed by atoms with Crippen molar-refractivity contribution in [3.8, 4) is 0 Å². The fraction of sp³-hybridized carbons (Fsp3) is 0.333. The molecule has 0 unspecified atom stereocenters. The number of rotatable bonds is 5. The normalized spacial score (nSPS) is 17.4. The van der Waals surface area contributed by atoms with E-state index in [-0.39, 0.29) is 11.7 Å². The largest absolute Gasteiger partial charge is 0.367 e. The van der Waals surface area contributed by atoms with E-state index in [1.807, 2.05) is 11.9 Å². The molecule has 3 rings (SSSR count). The van der Waals surface area contributed by atoms with E-state index in [9.17, 15) is 9.59 Å². The molecule has 2 aromatic rings. The number of likely N-dealkylation sites (tertiary alicyclic amines) is 1. The second-order valence-corrected chi connectivity index (χ2v) is 5.97. The highest BCUT2D eigenvalue weighted by molar-refractivity contribution is 6.09. The van der Waals surface area contributed by atoms with Gasteiger partial charge in [-0.1, -0.05) is 12.1 Å². The van der Waals surface area contributed by atoms with Crippen molar-refractivity contribution in [2.75, 3.05) is 26.7 Å². The van der Waals surface area contributed by atoms with Crippen molar-refractivity contribution in [1.29, 1.82) is 0 Å². The highest BCUT2D eigenvalue weighted by atomic mass is 16.2. The number of hydrogen-bond acceptors (Lipinski definition) is 3. The summed E-state index contributed by atoms with van der Waals surface area (Å²) in [5.41, 5.74) is 1.86. The number of amides is 1. The third-order valence-corrected chi connectivity index (χ3v) is 4.32. The SMILES string of the molecule is CNC[C@H]1CCN(C(=O)c2ccc(C(=O)c3cc[nH]c3)cc2)C1. The van der Waals surface area contributed by atoms with Gasteiger partial charge in [-0.25, -0.2) is 0 Å². The number of carbonyl (C=O) groups is 2.